The summed E-state index contributed by atoms with van der Waals surface area (Å²) in [6.07, 6.45) is 6.71. The minimum Gasteiger partial charge on any atom is -0.462 e. The van der Waals surface area contributed by atoms with Crippen LogP contribution in [0.1, 0.15) is 5.69 Å². The van der Waals surface area contributed by atoms with Gasteiger partial charge in [-0.05, 0) is 0 Å². The van der Waals surface area contributed by atoms with Gasteiger partial charge in [-0.3, -0.25) is 19.3 Å². The molecule has 2 heterocycles. The Kier molecular flexibility index (Phi) is 6.38. The van der Waals surface area contributed by atoms with Crippen molar-refractivity contribution >= 4 is 11.8 Å². The van der Waals surface area contributed by atoms with Crippen LogP contribution >= 0.6 is 11.8 Å². The summed E-state index contributed by atoms with van der Waals surface area (Å²) in [4.78, 5) is 21.3. The van der Waals surface area contributed by atoms with Gasteiger partial charge in [0.25, 0.3) is 5.56 Å². The second kappa shape index (κ2) is 8.52. The molecule has 0 atom stereocenters. The Bertz CT molecular complexity index is 648. The van der Waals surface area contributed by atoms with E-state index in [0.29, 0.717) is 5.75 Å². The van der Waals surface area contributed by atoms with Gasteiger partial charge in [0.15, 0.2) is 12.5 Å². The van der Waals surface area contributed by atoms with E-state index < -0.39 is 0 Å². The van der Waals surface area contributed by atoms with E-state index in [1.54, 1.807) is 30.9 Å². The number of nitrogens with zero attached hydrogens (tertiary/aromatic N) is 3. The fraction of sp³-hybridized carbons (Fsp3) is 0.357. The quantitative estimate of drug-likeness (QED) is 0.538. The zero-order valence-electron chi connectivity index (χ0n) is 12.4. The Labute approximate surface area is 132 Å². The molecule has 0 bridgehead atoms. The normalized spacial score (nSPS) is 10.6. The number of aromatic nitrogens is 3. The van der Waals surface area contributed by atoms with E-state index in [4.69, 9.17) is 14.2 Å². The average Bonchev–Trinajstić information content (AvgIpc) is 2.55. The summed E-state index contributed by atoms with van der Waals surface area (Å²) < 4.78 is 16.6. The highest BCUT2D eigenvalue weighted by Gasteiger charge is 2.09. The lowest BCUT2D eigenvalue weighted by atomic mass is 10.4. The van der Waals surface area contributed by atoms with E-state index in [1.807, 2.05) is 0 Å². The average molecular weight is 323 g/mol. The van der Waals surface area contributed by atoms with Crippen molar-refractivity contribution in [3.8, 4) is 5.75 Å². The van der Waals surface area contributed by atoms with Gasteiger partial charge in [0.2, 0.25) is 0 Å². The van der Waals surface area contributed by atoms with Gasteiger partial charge < -0.3 is 14.2 Å². The molecule has 0 spiro atoms. The highest BCUT2D eigenvalue weighted by Crippen LogP contribution is 2.23. The van der Waals surface area contributed by atoms with E-state index in [1.165, 1.54) is 30.5 Å². The third kappa shape index (κ3) is 4.55. The highest BCUT2D eigenvalue weighted by atomic mass is 32.2. The lowest BCUT2D eigenvalue weighted by molar-refractivity contribution is 0.0483. The smallest absolute Gasteiger partial charge is 0.294 e. The van der Waals surface area contributed by atoms with Crippen LogP contribution in [0.3, 0.4) is 0 Å². The maximum absolute atomic E-state index is 12.2. The predicted molar refractivity (Wildman–Crippen MR) is 81.8 cm³/mol. The third-order valence-electron chi connectivity index (χ3n) is 2.63. The van der Waals surface area contributed by atoms with E-state index in [0.717, 1.165) is 10.6 Å². The molecule has 0 fully saturated rings. The Balaban J connectivity index is 2.18. The van der Waals surface area contributed by atoms with Crippen LogP contribution in [0.2, 0.25) is 0 Å². The van der Waals surface area contributed by atoms with Crippen LogP contribution in [-0.2, 0) is 22.0 Å². The first kappa shape index (κ1) is 16.5. The van der Waals surface area contributed by atoms with E-state index in [2.05, 4.69) is 9.97 Å². The van der Waals surface area contributed by atoms with E-state index in [-0.39, 0.29) is 24.8 Å². The molecule has 0 aliphatic heterocycles. The van der Waals surface area contributed by atoms with Crippen LogP contribution in [0, 0.1) is 0 Å². The van der Waals surface area contributed by atoms with Crippen molar-refractivity contribution in [1.29, 1.82) is 0 Å². The molecule has 0 aromatic carbocycles. The third-order valence-corrected chi connectivity index (χ3v) is 3.63. The molecular formula is C14H17N3O4S. The molecule has 118 valence electrons. The summed E-state index contributed by atoms with van der Waals surface area (Å²) in [5, 5.41) is 0. The Morgan fingerprint density at radius 3 is 2.82 bits per heavy atom. The molecule has 0 saturated heterocycles. The molecule has 7 nitrogen and oxygen atoms in total. The molecule has 0 unspecified atom stereocenters. The fourth-order valence-electron chi connectivity index (χ4n) is 1.68. The maximum Gasteiger partial charge on any atom is 0.294 e. The Morgan fingerprint density at radius 1 is 1.27 bits per heavy atom. The van der Waals surface area contributed by atoms with Gasteiger partial charge in [-0.1, -0.05) is 0 Å². The molecule has 2 aromatic heterocycles. The van der Waals surface area contributed by atoms with Gasteiger partial charge >= 0.3 is 0 Å². The molecule has 0 N–H and O–H groups in total. The van der Waals surface area contributed by atoms with Gasteiger partial charge in [-0.2, -0.15) is 0 Å². The molecule has 0 aliphatic carbocycles. The molecule has 8 heteroatoms. The van der Waals surface area contributed by atoms with Crippen LogP contribution < -0.4 is 10.3 Å². The van der Waals surface area contributed by atoms with Crippen molar-refractivity contribution in [2.75, 3.05) is 21.0 Å². The number of pyridine rings is 1. The van der Waals surface area contributed by atoms with Crippen molar-refractivity contribution in [2.24, 2.45) is 0 Å². The minimum atomic E-state index is -0.261. The summed E-state index contributed by atoms with van der Waals surface area (Å²) in [6, 6.07) is 1.69. The van der Waals surface area contributed by atoms with Gasteiger partial charge in [0.05, 0.1) is 5.69 Å². The minimum absolute atomic E-state index is 0.0144. The van der Waals surface area contributed by atoms with Crippen LogP contribution in [0.4, 0.5) is 0 Å². The summed E-state index contributed by atoms with van der Waals surface area (Å²) >= 11 is 1.53. The molecule has 2 aromatic rings. The second-order valence-corrected chi connectivity index (χ2v) is 5.32. The van der Waals surface area contributed by atoms with Gasteiger partial charge in [-0.15, -0.1) is 11.8 Å². The van der Waals surface area contributed by atoms with E-state index >= 15 is 0 Å². The summed E-state index contributed by atoms with van der Waals surface area (Å²) in [5.41, 5.74) is 0.596. The van der Waals surface area contributed by atoms with Crippen LogP contribution in [0.5, 0.6) is 5.75 Å². The predicted octanol–water partition coefficient (Wildman–Crippen LogP) is 1.52. The van der Waals surface area contributed by atoms with Gasteiger partial charge in [0.1, 0.15) is 6.73 Å². The molecular weight excluding hydrogens is 306 g/mol. The van der Waals surface area contributed by atoms with Crippen molar-refractivity contribution in [2.45, 2.75) is 17.4 Å². The summed E-state index contributed by atoms with van der Waals surface area (Å²) in [5.74, 6) is 0.867. The van der Waals surface area contributed by atoms with Crippen LogP contribution in [0.25, 0.3) is 0 Å². The standard InChI is InChI=1S/C14H17N3O4S/c1-19-9-17-7-12(5-13(14(17)18)21-10-20-2)22-8-11-6-15-3-4-16-11/h3-7H,8-10H2,1-2H3. The number of hydrogen-bond donors (Lipinski definition) is 0. The number of rotatable bonds is 8. The molecule has 0 saturated carbocycles. The first-order valence-electron chi connectivity index (χ1n) is 6.47. The molecule has 0 amide bonds. The van der Waals surface area contributed by atoms with Crippen molar-refractivity contribution in [3.63, 3.8) is 0 Å². The summed E-state index contributed by atoms with van der Waals surface area (Å²) in [6.45, 7) is 0.169. The topological polar surface area (TPSA) is 75.5 Å². The van der Waals surface area contributed by atoms with E-state index in [9.17, 15) is 4.79 Å². The van der Waals surface area contributed by atoms with Crippen LogP contribution in [-0.4, -0.2) is 35.5 Å². The van der Waals surface area contributed by atoms with Gasteiger partial charge in [-0.25, -0.2) is 0 Å². The zero-order valence-corrected chi connectivity index (χ0v) is 13.2. The first-order valence-corrected chi connectivity index (χ1v) is 7.46. The second-order valence-electron chi connectivity index (χ2n) is 4.27. The summed E-state index contributed by atoms with van der Waals surface area (Å²) in [7, 11) is 3.03. The number of methoxy groups -OCH3 is 2. The Morgan fingerprint density at radius 2 is 2.14 bits per heavy atom. The lowest BCUT2D eigenvalue weighted by Crippen LogP contribution is -2.23. The van der Waals surface area contributed by atoms with Crippen molar-refractivity contribution in [3.05, 3.63) is 46.9 Å². The largest absolute Gasteiger partial charge is 0.462 e. The zero-order chi connectivity index (χ0) is 15.8. The SMILES string of the molecule is COCOc1cc(SCc2cnccn2)cn(COC)c1=O. The Hall–Kier alpha value is -1.90. The van der Waals surface area contributed by atoms with Crippen molar-refractivity contribution in [1.82, 2.24) is 14.5 Å². The number of ether oxygens (including phenoxy) is 3. The number of hydrogen-bond acceptors (Lipinski definition) is 7. The highest BCUT2D eigenvalue weighted by molar-refractivity contribution is 7.98. The fourth-order valence-corrected chi connectivity index (χ4v) is 2.54. The molecule has 22 heavy (non-hydrogen) atoms. The molecule has 0 radical (unpaired) electrons. The van der Waals surface area contributed by atoms with Gasteiger partial charge in [0, 0.05) is 55.7 Å². The lowest BCUT2D eigenvalue weighted by Gasteiger charge is -2.11. The van der Waals surface area contributed by atoms with Crippen molar-refractivity contribution < 1.29 is 14.2 Å². The maximum atomic E-state index is 12.2. The monoisotopic (exact) mass is 323 g/mol. The number of thioether (sulfide) groups is 1. The molecule has 2 rings (SSSR count). The first-order chi connectivity index (χ1) is 10.7. The molecule has 0 aliphatic rings. The van der Waals surface area contributed by atoms with Crippen LogP contribution in [0.15, 0.2) is 40.5 Å².